The van der Waals surface area contributed by atoms with Gasteiger partial charge in [-0.1, -0.05) is 30.3 Å². The van der Waals surface area contributed by atoms with Gasteiger partial charge in [0.15, 0.2) is 6.23 Å². The number of carbonyl (C=O) groups is 2. The highest BCUT2D eigenvalue weighted by atomic mass is 16.6. The minimum absolute atomic E-state index is 0.296. The Morgan fingerprint density at radius 1 is 1.15 bits per heavy atom. The van der Waals surface area contributed by atoms with E-state index >= 15 is 0 Å². The molecule has 1 heterocycles. The Morgan fingerprint density at radius 2 is 1.70 bits per heavy atom. The van der Waals surface area contributed by atoms with E-state index in [1.807, 2.05) is 0 Å². The lowest BCUT2D eigenvalue weighted by Gasteiger charge is -2.30. The van der Waals surface area contributed by atoms with Gasteiger partial charge in [-0.3, -0.25) is 14.5 Å². The van der Waals surface area contributed by atoms with Gasteiger partial charge in [-0.25, -0.2) is 0 Å². The number of benzene rings is 1. The number of carbonyl (C=O) groups excluding carboxylic acids is 2. The van der Waals surface area contributed by atoms with Crippen LogP contribution in [0.3, 0.4) is 0 Å². The summed E-state index contributed by atoms with van der Waals surface area (Å²) in [4.78, 5) is 25.7. The molecule has 108 valence electrons. The van der Waals surface area contributed by atoms with E-state index in [1.165, 1.54) is 0 Å². The fourth-order valence-electron chi connectivity index (χ4n) is 2.53. The number of ether oxygens (including phenoxy) is 1. The highest BCUT2D eigenvalue weighted by Gasteiger charge is 2.54. The first kappa shape index (κ1) is 14.7. The molecule has 1 amide bonds. The van der Waals surface area contributed by atoms with E-state index < -0.39 is 29.2 Å². The number of hydrogen-bond donors (Lipinski definition) is 1. The van der Waals surface area contributed by atoms with Crippen molar-refractivity contribution in [2.24, 2.45) is 0 Å². The molecule has 1 aromatic carbocycles. The van der Waals surface area contributed by atoms with Crippen molar-refractivity contribution in [2.45, 2.75) is 45.2 Å². The molecule has 1 N–H and O–H groups in total. The quantitative estimate of drug-likeness (QED) is 0.658. The van der Waals surface area contributed by atoms with Crippen LogP contribution in [-0.4, -0.2) is 39.3 Å². The molecule has 5 heteroatoms. The number of aliphatic hydroxyl groups is 1. The van der Waals surface area contributed by atoms with Crippen molar-refractivity contribution in [2.75, 3.05) is 0 Å². The summed E-state index contributed by atoms with van der Waals surface area (Å²) in [6, 6.07) is 8.28. The maximum atomic E-state index is 12.4. The molecule has 2 rings (SSSR count). The van der Waals surface area contributed by atoms with Crippen LogP contribution in [0.4, 0.5) is 0 Å². The van der Waals surface area contributed by atoms with Crippen molar-refractivity contribution in [1.82, 2.24) is 4.90 Å². The molecular formula is C15H19NO4. The van der Waals surface area contributed by atoms with Crippen LogP contribution in [0.2, 0.25) is 0 Å². The van der Waals surface area contributed by atoms with Gasteiger partial charge < -0.3 is 9.84 Å². The van der Waals surface area contributed by atoms with Gasteiger partial charge in [0.2, 0.25) is 0 Å². The molecular weight excluding hydrogens is 258 g/mol. The molecule has 1 aliphatic rings. The third-order valence-corrected chi connectivity index (χ3v) is 3.41. The summed E-state index contributed by atoms with van der Waals surface area (Å²) in [7, 11) is 0. The van der Waals surface area contributed by atoms with Crippen molar-refractivity contribution < 1.29 is 19.4 Å². The van der Waals surface area contributed by atoms with Gasteiger partial charge in [0, 0.05) is 5.56 Å². The first-order valence-electron chi connectivity index (χ1n) is 6.48. The van der Waals surface area contributed by atoms with Gasteiger partial charge in [0.25, 0.3) is 11.7 Å². The highest BCUT2D eigenvalue weighted by molar-refractivity contribution is 6.42. The van der Waals surface area contributed by atoms with Crippen molar-refractivity contribution in [1.29, 1.82) is 0 Å². The highest BCUT2D eigenvalue weighted by Crippen LogP contribution is 2.38. The Hall–Kier alpha value is -1.72. The van der Waals surface area contributed by atoms with E-state index in [-0.39, 0.29) is 0 Å². The summed E-state index contributed by atoms with van der Waals surface area (Å²) in [6.07, 6.45) is -1.17. The molecule has 1 atom stereocenters. The molecule has 0 radical (unpaired) electrons. The number of nitrogens with zero attached hydrogens (tertiary/aromatic N) is 1. The zero-order valence-electron chi connectivity index (χ0n) is 12.1. The Bertz CT molecular complexity index is 536. The van der Waals surface area contributed by atoms with E-state index in [2.05, 4.69) is 0 Å². The van der Waals surface area contributed by atoms with E-state index in [0.717, 1.165) is 4.90 Å². The van der Waals surface area contributed by atoms with Gasteiger partial charge in [-0.2, -0.15) is 0 Å². The largest absolute Gasteiger partial charge is 0.370 e. The second-order valence-electron chi connectivity index (χ2n) is 5.90. The number of amides is 1. The lowest BCUT2D eigenvalue weighted by molar-refractivity contribution is -0.148. The molecule has 1 fully saturated rings. The summed E-state index contributed by atoms with van der Waals surface area (Å²) < 4.78 is 5.67. The van der Waals surface area contributed by atoms with Crippen molar-refractivity contribution in [3.63, 3.8) is 0 Å². The van der Waals surface area contributed by atoms with Gasteiger partial charge in [-0.15, -0.1) is 0 Å². The number of rotatable bonds is 2. The summed E-state index contributed by atoms with van der Waals surface area (Å²) in [6.45, 7) is 6.67. The molecule has 1 saturated heterocycles. The lowest BCUT2D eigenvalue weighted by Crippen LogP contribution is -2.51. The maximum absolute atomic E-state index is 12.4. The van der Waals surface area contributed by atoms with Gasteiger partial charge in [-0.05, 0) is 27.7 Å². The number of ketones is 1. The number of Topliss-reactive ketones (excluding diaryl/α,β-unsaturated/α-hetero) is 1. The van der Waals surface area contributed by atoms with Crippen LogP contribution in [0.1, 0.15) is 38.1 Å². The van der Waals surface area contributed by atoms with Gasteiger partial charge >= 0.3 is 0 Å². The van der Waals surface area contributed by atoms with Crippen LogP contribution in [0, 0.1) is 0 Å². The minimum Gasteiger partial charge on any atom is -0.370 e. The first-order valence-corrected chi connectivity index (χ1v) is 6.48. The third-order valence-electron chi connectivity index (χ3n) is 3.41. The van der Waals surface area contributed by atoms with Gasteiger partial charge in [0.1, 0.15) is 11.3 Å². The molecule has 0 spiro atoms. The maximum Gasteiger partial charge on any atom is 0.299 e. The molecule has 1 unspecified atom stereocenters. The number of hydrogen-bond acceptors (Lipinski definition) is 4. The Balaban J connectivity index is 2.32. The van der Waals surface area contributed by atoms with Crippen LogP contribution in [0.25, 0.3) is 0 Å². The average Bonchev–Trinajstić information content (AvgIpc) is 2.53. The smallest absolute Gasteiger partial charge is 0.299 e. The molecule has 1 aliphatic heterocycles. The molecule has 0 aromatic heterocycles. The standard InChI is InChI=1S/C15H19NO4/c1-14(2)13(19)16(15(3,4)20-14)12(18)11(17)10-8-6-5-7-9-10/h5-9,13,19H,1-4H3. The molecule has 0 bridgehead atoms. The van der Waals surface area contributed by atoms with Crippen LogP contribution in [0.15, 0.2) is 30.3 Å². The molecule has 1 aromatic rings. The van der Waals surface area contributed by atoms with Crippen LogP contribution < -0.4 is 0 Å². The van der Waals surface area contributed by atoms with Crippen LogP contribution >= 0.6 is 0 Å². The lowest BCUT2D eigenvalue weighted by atomic mass is 10.1. The summed E-state index contributed by atoms with van der Waals surface area (Å²) in [5, 5.41) is 10.2. The van der Waals surface area contributed by atoms with E-state index in [4.69, 9.17) is 4.74 Å². The number of aliphatic hydroxyl groups excluding tert-OH is 1. The topological polar surface area (TPSA) is 66.8 Å². The zero-order valence-corrected chi connectivity index (χ0v) is 12.1. The SMILES string of the molecule is CC1(C)OC(C)(C)N(C(=O)C(=O)c2ccccc2)C1O. The van der Waals surface area contributed by atoms with E-state index in [1.54, 1.807) is 58.0 Å². The second-order valence-corrected chi connectivity index (χ2v) is 5.90. The minimum atomic E-state index is -1.17. The zero-order chi connectivity index (χ0) is 15.1. The molecule has 0 aliphatic carbocycles. The van der Waals surface area contributed by atoms with Crippen LogP contribution in [0.5, 0.6) is 0 Å². The Labute approximate surface area is 118 Å². The van der Waals surface area contributed by atoms with Crippen LogP contribution in [-0.2, 0) is 9.53 Å². The van der Waals surface area contributed by atoms with Gasteiger partial charge in [0.05, 0.1) is 0 Å². The van der Waals surface area contributed by atoms with E-state index in [0.29, 0.717) is 5.56 Å². The van der Waals surface area contributed by atoms with Crippen molar-refractivity contribution in [3.8, 4) is 0 Å². The normalized spacial score (nSPS) is 23.6. The monoisotopic (exact) mass is 277 g/mol. The first-order chi connectivity index (χ1) is 9.17. The van der Waals surface area contributed by atoms with Crippen molar-refractivity contribution >= 4 is 11.7 Å². The van der Waals surface area contributed by atoms with Crippen molar-refractivity contribution in [3.05, 3.63) is 35.9 Å². The molecule has 5 nitrogen and oxygen atoms in total. The predicted octanol–water partition coefficient (Wildman–Crippen LogP) is 1.56. The summed E-state index contributed by atoms with van der Waals surface area (Å²) in [5.74, 6) is -1.42. The predicted molar refractivity (Wildman–Crippen MR) is 72.9 cm³/mol. The summed E-state index contributed by atoms with van der Waals surface area (Å²) in [5.41, 5.74) is -1.66. The fraction of sp³-hybridized carbons (Fsp3) is 0.467. The average molecular weight is 277 g/mol. The fourth-order valence-corrected chi connectivity index (χ4v) is 2.53. The molecule has 0 saturated carbocycles. The van der Waals surface area contributed by atoms with E-state index in [9.17, 15) is 14.7 Å². The third kappa shape index (κ3) is 2.34. The second kappa shape index (κ2) is 4.68. The summed E-state index contributed by atoms with van der Waals surface area (Å²) >= 11 is 0. The Kier molecular flexibility index (Phi) is 3.44. The Morgan fingerprint density at radius 3 is 2.15 bits per heavy atom. The molecule has 20 heavy (non-hydrogen) atoms.